The lowest BCUT2D eigenvalue weighted by Crippen LogP contribution is -2.45. The molecule has 1 fully saturated rings. The number of rotatable bonds is 3. The summed E-state index contributed by atoms with van der Waals surface area (Å²) in [5.74, 6) is 0. The van der Waals surface area contributed by atoms with Crippen molar-refractivity contribution in [3.63, 3.8) is 0 Å². The minimum Gasteiger partial charge on any atom is -0.373 e. The Morgan fingerprint density at radius 3 is 2.38 bits per heavy atom. The maximum atomic E-state index is 5.66. The Bertz CT molecular complexity index is 169. The summed E-state index contributed by atoms with van der Waals surface area (Å²) in [6.07, 6.45) is 1.82. The maximum absolute atomic E-state index is 5.66. The van der Waals surface area contributed by atoms with E-state index in [1.165, 1.54) is 5.57 Å². The molecule has 2 atom stereocenters. The van der Waals surface area contributed by atoms with Gasteiger partial charge in [0.1, 0.15) is 0 Å². The molecule has 1 saturated heterocycles. The van der Waals surface area contributed by atoms with Crippen LogP contribution in [0.2, 0.25) is 0 Å². The fourth-order valence-electron chi connectivity index (χ4n) is 1.84. The van der Waals surface area contributed by atoms with Crippen molar-refractivity contribution in [3.8, 4) is 0 Å². The molecule has 13 heavy (non-hydrogen) atoms. The van der Waals surface area contributed by atoms with Crippen LogP contribution in [0.1, 0.15) is 27.2 Å². The van der Waals surface area contributed by atoms with Gasteiger partial charge in [0.15, 0.2) is 0 Å². The van der Waals surface area contributed by atoms with Crippen molar-refractivity contribution < 1.29 is 4.74 Å². The lowest BCUT2D eigenvalue weighted by Gasteiger charge is -2.35. The fraction of sp³-hybridized carbons (Fsp3) is 0.818. The van der Waals surface area contributed by atoms with Crippen molar-refractivity contribution >= 4 is 0 Å². The molecule has 0 amide bonds. The molecular formula is C11H21NO. The van der Waals surface area contributed by atoms with Crippen LogP contribution in [0.15, 0.2) is 12.2 Å². The summed E-state index contributed by atoms with van der Waals surface area (Å²) < 4.78 is 5.66. The first-order valence-corrected chi connectivity index (χ1v) is 5.16. The van der Waals surface area contributed by atoms with E-state index in [1.807, 2.05) is 0 Å². The van der Waals surface area contributed by atoms with Gasteiger partial charge in [0.05, 0.1) is 12.2 Å². The van der Waals surface area contributed by atoms with Gasteiger partial charge in [-0.1, -0.05) is 19.1 Å². The monoisotopic (exact) mass is 183 g/mol. The van der Waals surface area contributed by atoms with Crippen molar-refractivity contribution in [2.24, 2.45) is 0 Å². The van der Waals surface area contributed by atoms with Gasteiger partial charge in [-0.25, -0.2) is 0 Å². The minimum absolute atomic E-state index is 0.369. The van der Waals surface area contributed by atoms with Crippen LogP contribution in [0.5, 0.6) is 0 Å². The van der Waals surface area contributed by atoms with Crippen molar-refractivity contribution in [2.45, 2.75) is 39.4 Å². The molecule has 0 aromatic rings. The average Bonchev–Trinajstić information content (AvgIpc) is 2.02. The number of ether oxygens (including phenoxy) is 1. The molecule has 1 aliphatic rings. The van der Waals surface area contributed by atoms with Gasteiger partial charge in [-0.05, 0) is 20.3 Å². The van der Waals surface area contributed by atoms with Crippen molar-refractivity contribution in [2.75, 3.05) is 19.6 Å². The third-order valence-electron chi connectivity index (χ3n) is 2.44. The molecular weight excluding hydrogens is 162 g/mol. The van der Waals surface area contributed by atoms with Crippen LogP contribution in [0.3, 0.4) is 0 Å². The standard InChI is InChI=1S/C11H21NO/c1-5-9(2)6-12-7-10(3)13-11(4)8-12/h10-11H,2,5-8H2,1,3-4H3/t10-,11+. The molecule has 0 saturated carbocycles. The lowest BCUT2D eigenvalue weighted by molar-refractivity contribution is -0.0653. The molecule has 1 rings (SSSR count). The SMILES string of the molecule is C=C(CC)CN1C[C@@H](C)O[C@@H](C)C1. The van der Waals surface area contributed by atoms with Crippen molar-refractivity contribution in [1.82, 2.24) is 4.90 Å². The molecule has 0 spiro atoms. The molecule has 1 heterocycles. The summed E-state index contributed by atoms with van der Waals surface area (Å²) in [5.41, 5.74) is 1.32. The van der Waals surface area contributed by atoms with Crippen LogP contribution in [0, 0.1) is 0 Å². The maximum Gasteiger partial charge on any atom is 0.0678 e. The zero-order valence-corrected chi connectivity index (χ0v) is 9.05. The highest BCUT2D eigenvalue weighted by Crippen LogP contribution is 2.12. The van der Waals surface area contributed by atoms with Gasteiger partial charge in [0, 0.05) is 19.6 Å². The molecule has 76 valence electrons. The second kappa shape index (κ2) is 4.77. The third-order valence-corrected chi connectivity index (χ3v) is 2.44. The second-order valence-corrected chi connectivity index (χ2v) is 4.05. The molecule has 0 radical (unpaired) electrons. The summed E-state index contributed by atoms with van der Waals surface area (Å²) in [5, 5.41) is 0. The minimum atomic E-state index is 0.369. The quantitative estimate of drug-likeness (QED) is 0.621. The molecule has 0 aliphatic carbocycles. The van der Waals surface area contributed by atoms with E-state index in [-0.39, 0.29) is 0 Å². The zero-order valence-electron chi connectivity index (χ0n) is 9.05. The van der Waals surface area contributed by atoms with E-state index in [0.29, 0.717) is 12.2 Å². The molecule has 0 bridgehead atoms. The normalized spacial score (nSPS) is 30.4. The predicted molar refractivity (Wildman–Crippen MR) is 55.9 cm³/mol. The van der Waals surface area contributed by atoms with Gasteiger partial charge in [0.2, 0.25) is 0 Å². The van der Waals surface area contributed by atoms with Gasteiger partial charge in [-0.15, -0.1) is 0 Å². The fourth-order valence-corrected chi connectivity index (χ4v) is 1.84. The summed E-state index contributed by atoms with van der Waals surface area (Å²) in [6, 6.07) is 0. The number of nitrogens with zero attached hydrogens (tertiary/aromatic N) is 1. The van der Waals surface area contributed by atoms with Crippen LogP contribution in [0.25, 0.3) is 0 Å². The Hall–Kier alpha value is -0.340. The van der Waals surface area contributed by atoms with Crippen LogP contribution in [0.4, 0.5) is 0 Å². The third kappa shape index (κ3) is 3.49. The van der Waals surface area contributed by atoms with Gasteiger partial charge in [0.25, 0.3) is 0 Å². The molecule has 0 N–H and O–H groups in total. The summed E-state index contributed by atoms with van der Waals surface area (Å²) in [7, 11) is 0. The van der Waals surface area contributed by atoms with Crippen molar-refractivity contribution in [1.29, 1.82) is 0 Å². The summed E-state index contributed by atoms with van der Waals surface area (Å²) in [4.78, 5) is 2.44. The zero-order chi connectivity index (χ0) is 9.84. The Morgan fingerprint density at radius 1 is 1.38 bits per heavy atom. The molecule has 0 aromatic heterocycles. The Balaban J connectivity index is 2.37. The first-order valence-electron chi connectivity index (χ1n) is 5.16. The topological polar surface area (TPSA) is 12.5 Å². The Labute approximate surface area is 81.6 Å². The molecule has 0 unspecified atom stereocenters. The van der Waals surface area contributed by atoms with E-state index in [1.54, 1.807) is 0 Å². The Morgan fingerprint density at radius 2 is 1.92 bits per heavy atom. The predicted octanol–water partition coefficient (Wildman–Crippen LogP) is 2.06. The van der Waals surface area contributed by atoms with E-state index in [2.05, 4.69) is 32.3 Å². The highest BCUT2D eigenvalue weighted by Gasteiger charge is 2.21. The number of morpholine rings is 1. The van der Waals surface area contributed by atoms with Gasteiger partial charge < -0.3 is 4.74 Å². The van der Waals surface area contributed by atoms with Crippen molar-refractivity contribution in [3.05, 3.63) is 12.2 Å². The van der Waals surface area contributed by atoms with Gasteiger partial charge in [-0.3, -0.25) is 4.90 Å². The number of hydrogen-bond acceptors (Lipinski definition) is 2. The average molecular weight is 183 g/mol. The first kappa shape index (κ1) is 10.7. The van der Waals surface area contributed by atoms with E-state index in [4.69, 9.17) is 4.74 Å². The summed E-state index contributed by atoms with van der Waals surface area (Å²) >= 11 is 0. The summed E-state index contributed by atoms with van der Waals surface area (Å²) in [6.45, 7) is 13.6. The van der Waals surface area contributed by atoms with Gasteiger partial charge >= 0.3 is 0 Å². The Kier molecular flexibility index (Phi) is 3.94. The molecule has 1 aliphatic heterocycles. The largest absolute Gasteiger partial charge is 0.373 e. The highest BCUT2D eigenvalue weighted by atomic mass is 16.5. The van der Waals surface area contributed by atoms with E-state index in [0.717, 1.165) is 26.1 Å². The highest BCUT2D eigenvalue weighted by molar-refractivity contribution is 4.97. The van der Waals surface area contributed by atoms with Crippen LogP contribution in [-0.2, 0) is 4.74 Å². The second-order valence-electron chi connectivity index (χ2n) is 4.05. The van der Waals surface area contributed by atoms with E-state index < -0.39 is 0 Å². The van der Waals surface area contributed by atoms with E-state index >= 15 is 0 Å². The van der Waals surface area contributed by atoms with Crippen LogP contribution >= 0.6 is 0 Å². The first-order chi connectivity index (χ1) is 6.11. The molecule has 2 nitrogen and oxygen atoms in total. The van der Waals surface area contributed by atoms with Crippen LogP contribution < -0.4 is 0 Å². The van der Waals surface area contributed by atoms with E-state index in [9.17, 15) is 0 Å². The lowest BCUT2D eigenvalue weighted by atomic mass is 10.2. The molecule has 0 aromatic carbocycles. The number of hydrogen-bond donors (Lipinski definition) is 0. The molecule has 2 heteroatoms. The van der Waals surface area contributed by atoms with Gasteiger partial charge in [-0.2, -0.15) is 0 Å². The smallest absolute Gasteiger partial charge is 0.0678 e. The van der Waals surface area contributed by atoms with Crippen LogP contribution in [-0.4, -0.2) is 36.7 Å².